The third kappa shape index (κ3) is 5.01. The van der Waals surface area contributed by atoms with E-state index in [4.69, 9.17) is 5.73 Å². The molecule has 2 aliphatic carbocycles. The molecule has 4 aromatic rings. The number of carbonyl (C=O) groups is 1. The van der Waals surface area contributed by atoms with E-state index in [0.717, 1.165) is 61.0 Å². The average Bonchev–Trinajstić information content (AvgIpc) is 3.52. The van der Waals surface area contributed by atoms with E-state index in [9.17, 15) is 4.79 Å². The predicted molar refractivity (Wildman–Crippen MR) is 171 cm³/mol. The van der Waals surface area contributed by atoms with Crippen LogP contribution >= 0.6 is 0 Å². The predicted octanol–water partition coefficient (Wildman–Crippen LogP) is 5.34. The topological polar surface area (TPSA) is 118 Å². The molecule has 2 aromatic carbocycles. The molecule has 2 aromatic heterocycles. The summed E-state index contributed by atoms with van der Waals surface area (Å²) >= 11 is 0. The van der Waals surface area contributed by atoms with Gasteiger partial charge in [-0.3, -0.25) is 4.79 Å². The third-order valence-electron chi connectivity index (χ3n) is 9.46. The second kappa shape index (κ2) is 11.1. The maximum absolute atomic E-state index is 15.4. The number of fused-ring (bicyclic) bond motifs is 4. The Balaban J connectivity index is 0.951. The number of nitrogens with zero attached hydrogens (tertiary/aromatic N) is 7. The highest BCUT2D eigenvalue weighted by Crippen LogP contribution is 2.39. The molecule has 10 nitrogen and oxygen atoms in total. The maximum atomic E-state index is 15.4. The Labute approximate surface area is 260 Å². The normalized spacial score (nSPS) is 19.5. The molecule has 0 saturated carbocycles. The number of aromatic nitrogens is 5. The minimum absolute atomic E-state index is 0.156. The van der Waals surface area contributed by atoms with E-state index in [1.807, 2.05) is 29.2 Å². The zero-order valence-corrected chi connectivity index (χ0v) is 24.9. The summed E-state index contributed by atoms with van der Waals surface area (Å²) in [6, 6.07) is 15.5. The number of piperidine rings is 1. The molecule has 2 fully saturated rings. The molecule has 11 heteroatoms. The van der Waals surface area contributed by atoms with Crippen LogP contribution in [0.3, 0.4) is 0 Å². The molecule has 1 atom stereocenters. The summed E-state index contributed by atoms with van der Waals surface area (Å²) in [5.74, 6) is 1.07. The van der Waals surface area contributed by atoms with Gasteiger partial charge >= 0.3 is 0 Å². The standard InChI is InChI=1S/C34H34FN9O/c35-27-20-24(12-13-29(27)42-16-14-25(15-17-42)43-28-11-4-2-7-22(28)19-31(43)45)37-34-38-33(36)44(41-34)30-18-23-9-5-8-21-6-1-3-10-26(21)32(23)40-39-30/h1-4,6,10-13,18,20,22,25H,5,7-9,14-17,19H2,(H3,36,37,38,41). The lowest BCUT2D eigenvalue weighted by Gasteiger charge is -2.39. The Hall–Kier alpha value is -5.06. The number of nitrogens with two attached hydrogens (primary N) is 1. The molecule has 0 spiro atoms. The molecular weight excluding hydrogens is 569 g/mol. The lowest BCUT2D eigenvalue weighted by molar-refractivity contribution is -0.128. The van der Waals surface area contributed by atoms with Crippen LogP contribution in [-0.4, -0.2) is 54.9 Å². The zero-order valence-electron chi connectivity index (χ0n) is 24.9. The summed E-state index contributed by atoms with van der Waals surface area (Å²) in [6.07, 6.45) is 12.3. The van der Waals surface area contributed by atoms with Crippen molar-refractivity contribution in [3.05, 3.63) is 89.4 Å². The van der Waals surface area contributed by atoms with Crippen LogP contribution in [0.2, 0.25) is 0 Å². The van der Waals surface area contributed by atoms with Crippen molar-refractivity contribution in [1.82, 2.24) is 29.9 Å². The van der Waals surface area contributed by atoms with Crippen molar-refractivity contribution in [2.45, 2.75) is 51.0 Å². The number of halogens is 1. The molecule has 8 rings (SSSR count). The van der Waals surface area contributed by atoms with Crippen molar-refractivity contribution in [2.24, 2.45) is 5.92 Å². The number of anilines is 4. The largest absolute Gasteiger partial charge is 0.369 e. The maximum Gasteiger partial charge on any atom is 0.248 e. The molecule has 1 unspecified atom stereocenters. The van der Waals surface area contributed by atoms with Crippen LogP contribution < -0.4 is 16.0 Å². The van der Waals surface area contributed by atoms with Gasteiger partial charge in [-0.05, 0) is 80.0 Å². The molecule has 2 aliphatic heterocycles. The first-order valence-corrected chi connectivity index (χ1v) is 15.7. The Bertz CT molecular complexity index is 1860. The van der Waals surface area contributed by atoms with E-state index in [1.54, 1.807) is 6.07 Å². The quantitative estimate of drug-likeness (QED) is 0.314. The molecule has 228 valence electrons. The zero-order chi connectivity index (χ0) is 30.5. The van der Waals surface area contributed by atoms with E-state index < -0.39 is 0 Å². The number of amides is 1. The molecule has 2 saturated heterocycles. The van der Waals surface area contributed by atoms with Crippen molar-refractivity contribution in [3.8, 4) is 17.1 Å². The van der Waals surface area contributed by atoms with Crippen LogP contribution in [0.5, 0.6) is 0 Å². The molecule has 0 radical (unpaired) electrons. The van der Waals surface area contributed by atoms with Gasteiger partial charge in [0.1, 0.15) is 5.82 Å². The number of aryl methyl sites for hydroxylation is 2. The minimum atomic E-state index is -0.333. The summed E-state index contributed by atoms with van der Waals surface area (Å²) in [6.45, 7) is 1.36. The van der Waals surface area contributed by atoms with Crippen LogP contribution in [0, 0.1) is 11.7 Å². The summed E-state index contributed by atoms with van der Waals surface area (Å²) in [5.41, 5.74) is 12.8. The number of benzene rings is 2. The first-order chi connectivity index (χ1) is 22.0. The molecule has 0 bridgehead atoms. The van der Waals surface area contributed by atoms with Crippen molar-refractivity contribution < 1.29 is 9.18 Å². The smallest absolute Gasteiger partial charge is 0.248 e. The lowest BCUT2D eigenvalue weighted by Crippen LogP contribution is -2.45. The van der Waals surface area contributed by atoms with Gasteiger partial charge in [-0.15, -0.1) is 15.3 Å². The van der Waals surface area contributed by atoms with E-state index in [1.165, 1.54) is 16.3 Å². The highest BCUT2D eigenvalue weighted by Gasteiger charge is 2.40. The van der Waals surface area contributed by atoms with Gasteiger partial charge in [0.2, 0.25) is 17.8 Å². The van der Waals surface area contributed by atoms with Gasteiger partial charge in [-0.1, -0.05) is 36.4 Å². The Morgan fingerprint density at radius 1 is 1.00 bits per heavy atom. The van der Waals surface area contributed by atoms with E-state index in [-0.39, 0.29) is 29.7 Å². The fraction of sp³-hybridized carbons (Fsp3) is 0.324. The minimum Gasteiger partial charge on any atom is -0.369 e. The Kier molecular flexibility index (Phi) is 6.80. The number of hydrogen-bond donors (Lipinski definition) is 2. The highest BCUT2D eigenvalue weighted by molar-refractivity contribution is 5.83. The molecule has 45 heavy (non-hydrogen) atoms. The first kappa shape index (κ1) is 27.5. The van der Waals surface area contributed by atoms with Crippen LogP contribution in [0.1, 0.15) is 43.2 Å². The summed E-state index contributed by atoms with van der Waals surface area (Å²) in [7, 11) is 0. The molecule has 1 amide bonds. The van der Waals surface area contributed by atoms with Crippen LogP contribution in [0.4, 0.5) is 27.7 Å². The number of likely N-dealkylation sites (tertiary alicyclic amines) is 1. The number of nitrogens with one attached hydrogen (secondary N) is 1. The number of rotatable bonds is 5. The number of hydrogen-bond acceptors (Lipinski definition) is 8. The van der Waals surface area contributed by atoms with Crippen molar-refractivity contribution >= 4 is 29.2 Å². The van der Waals surface area contributed by atoms with E-state index in [0.29, 0.717) is 42.6 Å². The van der Waals surface area contributed by atoms with Crippen molar-refractivity contribution in [2.75, 3.05) is 29.0 Å². The Morgan fingerprint density at radius 3 is 2.71 bits per heavy atom. The second-order valence-corrected chi connectivity index (χ2v) is 12.2. The monoisotopic (exact) mass is 603 g/mol. The van der Waals surface area contributed by atoms with Gasteiger partial charge < -0.3 is 20.9 Å². The highest BCUT2D eigenvalue weighted by atomic mass is 19.1. The van der Waals surface area contributed by atoms with Gasteiger partial charge in [0, 0.05) is 48.4 Å². The van der Waals surface area contributed by atoms with Gasteiger partial charge in [-0.2, -0.15) is 9.67 Å². The molecule has 4 heterocycles. The molecule has 3 N–H and O–H groups in total. The number of carbonyl (C=O) groups excluding carboxylic acids is 1. The second-order valence-electron chi connectivity index (χ2n) is 12.2. The third-order valence-corrected chi connectivity index (χ3v) is 9.46. The van der Waals surface area contributed by atoms with Crippen LogP contribution in [0.15, 0.2) is 72.5 Å². The lowest BCUT2D eigenvalue weighted by atomic mass is 9.96. The van der Waals surface area contributed by atoms with E-state index in [2.05, 4.69) is 60.8 Å². The van der Waals surface area contributed by atoms with Gasteiger partial charge in [0.05, 0.1) is 11.4 Å². The Morgan fingerprint density at radius 2 is 1.84 bits per heavy atom. The summed E-state index contributed by atoms with van der Waals surface area (Å²) in [5, 5.41) is 16.6. The number of nitrogen functional groups attached to an aromatic ring is 1. The van der Waals surface area contributed by atoms with Gasteiger partial charge in [0.15, 0.2) is 5.82 Å². The van der Waals surface area contributed by atoms with Gasteiger partial charge in [-0.25, -0.2) is 4.39 Å². The first-order valence-electron chi connectivity index (χ1n) is 15.7. The van der Waals surface area contributed by atoms with Crippen molar-refractivity contribution in [1.29, 1.82) is 0 Å². The average molecular weight is 604 g/mol. The van der Waals surface area contributed by atoms with E-state index >= 15 is 4.39 Å². The molecular formula is C34H34FN9O. The fourth-order valence-electron chi connectivity index (χ4n) is 7.26. The van der Waals surface area contributed by atoms with Crippen LogP contribution in [0.25, 0.3) is 17.1 Å². The number of allylic oxidation sites excluding steroid dienone is 4. The molecule has 4 aliphatic rings. The van der Waals surface area contributed by atoms with Gasteiger partial charge in [0.25, 0.3) is 0 Å². The SMILES string of the molecule is Nc1nc(Nc2ccc(N3CCC(N4C(=O)CC5CC=CC=C54)CC3)c(F)c2)nn1-c1cc2c(nn1)-c1ccccc1CCC2. The van der Waals surface area contributed by atoms with Crippen LogP contribution in [-0.2, 0) is 17.6 Å². The fourth-order valence-corrected chi connectivity index (χ4v) is 7.26. The summed E-state index contributed by atoms with van der Waals surface area (Å²) < 4.78 is 16.9. The summed E-state index contributed by atoms with van der Waals surface area (Å²) in [4.78, 5) is 21.2. The van der Waals surface area contributed by atoms with Crippen molar-refractivity contribution in [3.63, 3.8) is 0 Å².